The topological polar surface area (TPSA) is 136 Å². The molecule has 1 atom stereocenters. The Morgan fingerprint density at radius 3 is 2.60 bits per heavy atom. The third-order valence-electron chi connectivity index (χ3n) is 9.93. The maximum atomic E-state index is 13.4. The van der Waals surface area contributed by atoms with Crippen LogP contribution in [0.25, 0.3) is 0 Å². The van der Waals surface area contributed by atoms with Gasteiger partial charge in [0.2, 0.25) is 5.91 Å². The van der Waals surface area contributed by atoms with Crippen molar-refractivity contribution in [2.24, 2.45) is 0 Å². The Labute approximate surface area is 282 Å². The third-order valence-corrected chi connectivity index (χ3v) is 9.93. The number of anilines is 2. The van der Waals surface area contributed by atoms with Crippen LogP contribution in [-0.4, -0.2) is 94.6 Å². The molecule has 3 aromatic rings. The van der Waals surface area contributed by atoms with Gasteiger partial charge in [0.15, 0.2) is 12.2 Å². The van der Waals surface area contributed by atoms with Crippen molar-refractivity contribution < 1.29 is 23.8 Å². The van der Waals surface area contributed by atoms with Crippen LogP contribution in [0.4, 0.5) is 11.6 Å². The van der Waals surface area contributed by atoms with Crippen LogP contribution >= 0.6 is 0 Å². The van der Waals surface area contributed by atoms with Crippen LogP contribution in [0.3, 0.4) is 0 Å². The average Bonchev–Trinajstić information content (AvgIpc) is 3.51. The van der Waals surface area contributed by atoms with Gasteiger partial charge in [-0.15, -0.1) is 0 Å². The number of ether oxygens (including phenoxy) is 1. The summed E-state index contributed by atoms with van der Waals surface area (Å²) in [5.74, 6) is 2.93. The van der Waals surface area contributed by atoms with Crippen LogP contribution in [0.2, 0.25) is 0 Å². The van der Waals surface area contributed by atoms with Crippen LogP contribution in [0.15, 0.2) is 35.1 Å². The van der Waals surface area contributed by atoms with E-state index < -0.39 is 6.10 Å². The van der Waals surface area contributed by atoms with Crippen LogP contribution in [0, 0.1) is 13.8 Å². The van der Waals surface area contributed by atoms with E-state index in [0.29, 0.717) is 37.6 Å². The Kier molecular flexibility index (Phi) is 10.8. The van der Waals surface area contributed by atoms with Gasteiger partial charge in [-0.05, 0) is 87.3 Å². The van der Waals surface area contributed by atoms with Crippen molar-refractivity contribution >= 4 is 23.5 Å². The van der Waals surface area contributed by atoms with Gasteiger partial charge in [-0.3, -0.25) is 14.5 Å². The number of aliphatic hydroxyl groups is 1. The van der Waals surface area contributed by atoms with Crippen molar-refractivity contribution in [1.29, 1.82) is 0 Å². The number of β-amino-alcohol motifs (C(OH)–C–C–N with tert-alkyl or cyclic N) is 1. The summed E-state index contributed by atoms with van der Waals surface area (Å²) >= 11 is 0. The van der Waals surface area contributed by atoms with Gasteiger partial charge in [0.1, 0.15) is 24.0 Å². The van der Waals surface area contributed by atoms with E-state index in [9.17, 15) is 14.7 Å². The fourth-order valence-corrected chi connectivity index (χ4v) is 7.03. The van der Waals surface area contributed by atoms with E-state index in [1.807, 2.05) is 24.0 Å². The fraction of sp³-hybridized carbons (Fsp3) is 0.556. The Morgan fingerprint density at radius 2 is 1.88 bits per heavy atom. The van der Waals surface area contributed by atoms with Gasteiger partial charge in [-0.25, -0.2) is 9.97 Å². The normalized spacial score (nSPS) is 17.9. The van der Waals surface area contributed by atoms with Gasteiger partial charge in [0, 0.05) is 70.9 Å². The molecule has 3 aliphatic heterocycles. The summed E-state index contributed by atoms with van der Waals surface area (Å²) in [6.07, 6.45) is 6.67. The number of benzene rings is 1. The highest BCUT2D eigenvalue weighted by molar-refractivity contribution is 5.95. The number of pyridine rings is 1. The summed E-state index contributed by atoms with van der Waals surface area (Å²) in [7, 11) is 0. The lowest BCUT2D eigenvalue weighted by molar-refractivity contribution is -0.129. The molecule has 0 saturated carbocycles. The highest BCUT2D eigenvalue weighted by atomic mass is 16.5. The summed E-state index contributed by atoms with van der Waals surface area (Å²) < 4.78 is 11.5. The first-order valence-corrected chi connectivity index (χ1v) is 17.3. The number of hydrogen-bond acceptors (Lipinski definition) is 10. The second kappa shape index (κ2) is 15.4. The maximum Gasteiger partial charge on any atom is 0.251 e. The molecule has 0 spiro atoms. The van der Waals surface area contributed by atoms with E-state index in [2.05, 4.69) is 38.4 Å². The van der Waals surface area contributed by atoms with Gasteiger partial charge < -0.3 is 34.7 Å². The molecule has 2 amide bonds. The predicted octanol–water partition coefficient (Wildman–Crippen LogP) is 3.83. The number of aromatic nitrogens is 2. The van der Waals surface area contributed by atoms with Crippen LogP contribution in [-0.2, 0) is 24.4 Å². The number of carbonyl (C=O) groups excluding carboxylic acids is 2. The quantitative estimate of drug-likeness (QED) is 0.279. The van der Waals surface area contributed by atoms with Crippen LogP contribution in [0.5, 0.6) is 5.75 Å². The van der Waals surface area contributed by atoms with Crippen molar-refractivity contribution in [3.05, 3.63) is 64.4 Å². The molecule has 2 saturated heterocycles. The Hall–Kier alpha value is -4.16. The molecule has 48 heavy (non-hydrogen) atoms. The molecule has 2 aromatic heterocycles. The summed E-state index contributed by atoms with van der Waals surface area (Å²) in [5.41, 5.74) is 5.01. The number of rotatable bonds is 11. The molecular weight excluding hydrogens is 610 g/mol. The van der Waals surface area contributed by atoms with E-state index in [1.54, 1.807) is 13.0 Å². The van der Waals surface area contributed by atoms with Crippen LogP contribution < -0.4 is 20.3 Å². The Balaban J connectivity index is 1.04. The summed E-state index contributed by atoms with van der Waals surface area (Å²) in [6.45, 7) is 11.4. The highest BCUT2D eigenvalue weighted by Gasteiger charge is 2.25. The van der Waals surface area contributed by atoms with Gasteiger partial charge in [0.05, 0.1) is 11.8 Å². The molecule has 5 heterocycles. The maximum absolute atomic E-state index is 13.4. The van der Waals surface area contributed by atoms with Crippen molar-refractivity contribution in [3.8, 4) is 5.75 Å². The smallest absolute Gasteiger partial charge is 0.251 e. The second-order valence-corrected chi connectivity index (χ2v) is 13.4. The molecule has 0 unspecified atom stereocenters. The molecule has 0 aliphatic carbocycles. The number of fused-ring (bicyclic) bond motifs is 1. The first-order chi connectivity index (χ1) is 23.2. The van der Waals surface area contributed by atoms with Gasteiger partial charge in [0.25, 0.3) is 5.91 Å². The number of hydrogen-bond donors (Lipinski definition) is 3. The third kappa shape index (κ3) is 8.27. The summed E-state index contributed by atoms with van der Waals surface area (Å²) in [4.78, 5) is 40.6. The lowest BCUT2D eigenvalue weighted by atomic mass is 9.94. The number of aryl methyl sites for hydroxylation is 1. The molecule has 2 fully saturated rings. The first kappa shape index (κ1) is 33.7. The molecule has 258 valence electrons. The number of nitrogens with zero attached hydrogens (tertiary/aromatic N) is 5. The zero-order valence-electron chi connectivity index (χ0n) is 28.5. The zero-order valence-corrected chi connectivity index (χ0v) is 28.5. The van der Waals surface area contributed by atoms with Crippen molar-refractivity contribution in [2.45, 2.75) is 84.6 Å². The molecule has 0 bridgehead atoms. The van der Waals surface area contributed by atoms with Crippen LogP contribution in [0.1, 0.15) is 77.5 Å². The van der Waals surface area contributed by atoms with E-state index in [4.69, 9.17) is 14.1 Å². The molecule has 12 nitrogen and oxygen atoms in total. The highest BCUT2D eigenvalue weighted by Crippen LogP contribution is 2.30. The van der Waals surface area contributed by atoms with E-state index in [0.717, 1.165) is 86.9 Å². The molecular formula is C36H49N7O5. The van der Waals surface area contributed by atoms with E-state index >= 15 is 0 Å². The van der Waals surface area contributed by atoms with E-state index in [1.165, 1.54) is 23.9 Å². The van der Waals surface area contributed by atoms with E-state index in [-0.39, 0.29) is 24.4 Å². The Bertz CT molecular complexity index is 1580. The fourth-order valence-electron chi connectivity index (χ4n) is 7.03. The lowest BCUT2D eigenvalue weighted by Crippen LogP contribution is -2.42. The largest absolute Gasteiger partial charge is 0.485 e. The molecule has 3 aliphatic rings. The van der Waals surface area contributed by atoms with Crippen molar-refractivity contribution in [3.63, 3.8) is 0 Å². The minimum Gasteiger partial charge on any atom is -0.485 e. The van der Waals surface area contributed by atoms with Gasteiger partial charge in [-0.2, -0.15) is 0 Å². The lowest BCUT2D eigenvalue weighted by Gasteiger charge is -2.33. The number of likely N-dealkylation sites (tertiary alicyclic amines) is 1. The van der Waals surface area contributed by atoms with Crippen molar-refractivity contribution in [1.82, 2.24) is 25.1 Å². The predicted molar refractivity (Wildman–Crippen MR) is 183 cm³/mol. The standard InChI is InChI=1S/C36H49N7O5/c1-24-31-11-14-41(20-27(31)7-8-32(24)47-22-33-25(2)38-23-48-33)21-30(45)19-37-36(46)28-17-34(39-29-9-15-42(16-10-29)26(3)44)40-35(18-28)43-12-5-4-6-13-43/h7-8,17-18,23,29-30,45H,4-6,9-16,19-22H2,1-3H3,(H,37,46)(H,39,40)/t30-/m0/s1. The number of amides is 2. The molecule has 3 N–H and O–H groups in total. The number of aliphatic hydroxyl groups excluding tert-OH is 1. The molecule has 12 heteroatoms. The monoisotopic (exact) mass is 659 g/mol. The van der Waals surface area contributed by atoms with Gasteiger partial charge in [-0.1, -0.05) is 6.07 Å². The molecule has 0 radical (unpaired) electrons. The number of nitrogens with one attached hydrogen (secondary N) is 2. The van der Waals surface area contributed by atoms with Gasteiger partial charge >= 0.3 is 0 Å². The zero-order chi connectivity index (χ0) is 33.6. The average molecular weight is 660 g/mol. The minimum absolute atomic E-state index is 0.106. The molecule has 1 aromatic carbocycles. The number of piperidine rings is 2. The second-order valence-electron chi connectivity index (χ2n) is 13.4. The Morgan fingerprint density at radius 1 is 1.08 bits per heavy atom. The summed E-state index contributed by atoms with van der Waals surface area (Å²) in [5, 5.41) is 17.5. The first-order valence-electron chi connectivity index (χ1n) is 17.3. The number of oxazole rings is 1. The SMILES string of the molecule is CC(=O)N1CCC(Nc2cc(C(=O)NC[C@H](O)CN3CCc4c(ccc(OCc5ocnc5C)c4C)C3)cc(N3CCCCC3)n2)CC1. The number of carbonyl (C=O) groups is 2. The molecule has 6 rings (SSSR count). The minimum atomic E-state index is -0.711. The van der Waals surface area contributed by atoms with Crippen molar-refractivity contribution in [2.75, 3.05) is 56.0 Å². The summed E-state index contributed by atoms with van der Waals surface area (Å²) in [6, 6.07) is 7.97.